The zero-order valence-corrected chi connectivity index (χ0v) is 20.5. The average Bonchev–Trinajstić information content (AvgIpc) is 2.76. The lowest BCUT2D eigenvalue weighted by Crippen LogP contribution is -2.48. The van der Waals surface area contributed by atoms with Crippen molar-refractivity contribution in [3.05, 3.63) is 59.2 Å². The molecular formula is C23H32IN3O3. The fourth-order valence-corrected chi connectivity index (χ4v) is 3.55. The first-order valence-corrected chi connectivity index (χ1v) is 10.1. The summed E-state index contributed by atoms with van der Waals surface area (Å²) in [5, 5.41) is 3.42. The second kappa shape index (κ2) is 12.0. The Hall–Kier alpha value is -2.00. The maximum absolute atomic E-state index is 6.07. The molecule has 0 aliphatic carbocycles. The highest BCUT2D eigenvalue weighted by Crippen LogP contribution is 2.28. The number of benzene rings is 2. The molecule has 3 rings (SSSR count). The van der Waals surface area contributed by atoms with Crippen LogP contribution in [0.3, 0.4) is 0 Å². The normalized spacial score (nSPS) is 16.6. The first-order valence-electron chi connectivity index (χ1n) is 10.1. The molecule has 1 heterocycles. The van der Waals surface area contributed by atoms with Crippen molar-refractivity contribution in [3.8, 4) is 11.5 Å². The number of guanidine groups is 1. The van der Waals surface area contributed by atoms with E-state index in [2.05, 4.69) is 48.3 Å². The Morgan fingerprint density at radius 1 is 1.17 bits per heavy atom. The third-order valence-corrected chi connectivity index (χ3v) is 5.10. The summed E-state index contributed by atoms with van der Waals surface area (Å²) in [6.45, 7) is 7.88. The van der Waals surface area contributed by atoms with Crippen LogP contribution in [0.1, 0.15) is 29.7 Å². The lowest BCUT2D eigenvalue weighted by atomic mass is 10.0. The Morgan fingerprint density at radius 2 is 1.93 bits per heavy atom. The molecule has 164 valence electrons. The zero-order chi connectivity index (χ0) is 20.6. The van der Waals surface area contributed by atoms with Gasteiger partial charge < -0.3 is 24.4 Å². The van der Waals surface area contributed by atoms with Gasteiger partial charge in [0.05, 0.1) is 33.9 Å². The standard InChI is InChI=1S/C23H31N3O3.HI/c1-5-24-23(25-15-18-10-11-20(27-3)21(14-18)28-4)26-12-13-29-22(16-26)19-9-7-6-8-17(19)2;/h6-11,14,22H,5,12-13,15-16H2,1-4H3,(H,24,25);1H. The van der Waals surface area contributed by atoms with Gasteiger partial charge in [-0.1, -0.05) is 30.3 Å². The molecule has 1 saturated heterocycles. The van der Waals surface area contributed by atoms with Crippen LogP contribution < -0.4 is 14.8 Å². The highest BCUT2D eigenvalue weighted by Gasteiger charge is 2.25. The molecule has 0 radical (unpaired) electrons. The zero-order valence-electron chi connectivity index (χ0n) is 18.2. The first kappa shape index (κ1) is 24.3. The molecule has 7 heteroatoms. The van der Waals surface area contributed by atoms with E-state index in [1.54, 1.807) is 14.2 Å². The van der Waals surface area contributed by atoms with Crippen molar-refractivity contribution in [1.29, 1.82) is 0 Å². The van der Waals surface area contributed by atoms with Crippen LogP contribution in [0.25, 0.3) is 0 Å². The number of halogens is 1. The van der Waals surface area contributed by atoms with E-state index in [4.69, 9.17) is 19.2 Å². The van der Waals surface area contributed by atoms with Crippen LogP contribution in [0.5, 0.6) is 11.5 Å². The quantitative estimate of drug-likeness (QED) is 0.349. The van der Waals surface area contributed by atoms with Gasteiger partial charge in [-0.2, -0.15) is 0 Å². The number of methoxy groups -OCH3 is 2. The molecule has 1 aliphatic rings. The highest BCUT2D eigenvalue weighted by molar-refractivity contribution is 14.0. The van der Waals surface area contributed by atoms with Gasteiger partial charge in [0.15, 0.2) is 17.5 Å². The number of ether oxygens (including phenoxy) is 3. The van der Waals surface area contributed by atoms with E-state index >= 15 is 0 Å². The van der Waals surface area contributed by atoms with E-state index < -0.39 is 0 Å². The van der Waals surface area contributed by atoms with E-state index in [0.29, 0.717) is 13.2 Å². The number of rotatable bonds is 6. The minimum Gasteiger partial charge on any atom is -0.493 e. The Kier molecular flexibility index (Phi) is 9.71. The van der Waals surface area contributed by atoms with Crippen LogP contribution in [0.15, 0.2) is 47.5 Å². The summed E-state index contributed by atoms with van der Waals surface area (Å²) in [5.74, 6) is 2.35. The monoisotopic (exact) mass is 525 g/mol. The summed E-state index contributed by atoms with van der Waals surface area (Å²) in [6, 6.07) is 14.3. The smallest absolute Gasteiger partial charge is 0.194 e. The molecule has 2 aromatic rings. The minimum absolute atomic E-state index is 0. The van der Waals surface area contributed by atoms with Crippen LogP contribution >= 0.6 is 24.0 Å². The van der Waals surface area contributed by atoms with Crippen LogP contribution in [-0.4, -0.2) is 51.3 Å². The molecule has 0 amide bonds. The highest BCUT2D eigenvalue weighted by atomic mass is 127. The van der Waals surface area contributed by atoms with Crippen molar-refractivity contribution in [2.45, 2.75) is 26.5 Å². The van der Waals surface area contributed by atoms with Crippen LogP contribution in [0.4, 0.5) is 0 Å². The fourth-order valence-electron chi connectivity index (χ4n) is 3.55. The topological polar surface area (TPSA) is 55.3 Å². The molecule has 1 atom stereocenters. The lowest BCUT2D eigenvalue weighted by Gasteiger charge is -2.35. The van der Waals surface area contributed by atoms with Crippen LogP contribution in [0, 0.1) is 6.92 Å². The molecule has 1 fully saturated rings. The van der Waals surface area contributed by atoms with Crippen LogP contribution in [0.2, 0.25) is 0 Å². The van der Waals surface area contributed by atoms with Gasteiger partial charge in [-0.3, -0.25) is 0 Å². The summed E-state index contributed by atoms with van der Waals surface area (Å²) >= 11 is 0. The number of hydrogen-bond donors (Lipinski definition) is 1. The summed E-state index contributed by atoms with van der Waals surface area (Å²) in [5.41, 5.74) is 3.57. The second-order valence-corrected chi connectivity index (χ2v) is 7.02. The molecule has 0 aromatic heterocycles. The third kappa shape index (κ3) is 6.01. The number of aryl methyl sites for hydroxylation is 1. The predicted molar refractivity (Wildman–Crippen MR) is 131 cm³/mol. The van der Waals surface area contributed by atoms with Crippen molar-refractivity contribution in [3.63, 3.8) is 0 Å². The van der Waals surface area contributed by atoms with Gasteiger partial charge in [-0.15, -0.1) is 24.0 Å². The number of nitrogens with one attached hydrogen (secondary N) is 1. The van der Waals surface area contributed by atoms with E-state index in [1.165, 1.54) is 11.1 Å². The predicted octanol–water partition coefficient (Wildman–Crippen LogP) is 4.17. The second-order valence-electron chi connectivity index (χ2n) is 7.02. The Labute approximate surface area is 196 Å². The Balaban J connectivity index is 0.00000320. The van der Waals surface area contributed by atoms with Gasteiger partial charge >= 0.3 is 0 Å². The van der Waals surface area contributed by atoms with E-state index in [9.17, 15) is 0 Å². The number of hydrogen-bond acceptors (Lipinski definition) is 4. The molecule has 1 aliphatic heterocycles. The molecule has 1 N–H and O–H groups in total. The lowest BCUT2D eigenvalue weighted by molar-refractivity contribution is -0.00834. The molecule has 0 bridgehead atoms. The molecular weight excluding hydrogens is 493 g/mol. The van der Waals surface area contributed by atoms with Gasteiger partial charge in [-0.25, -0.2) is 4.99 Å². The maximum atomic E-state index is 6.07. The largest absolute Gasteiger partial charge is 0.493 e. The van der Waals surface area contributed by atoms with Crippen molar-refractivity contribution in [1.82, 2.24) is 10.2 Å². The summed E-state index contributed by atoms with van der Waals surface area (Å²) in [4.78, 5) is 7.15. The summed E-state index contributed by atoms with van der Waals surface area (Å²) in [6.07, 6.45) is 0.0508. The van der Waals surface area contributed by atoms with Gasteiger partial charge in [0, 0.05) is 13.1 Å². The molecule has 2 aromatic carbocycles. The van der Waals surface area contributed by atoms with Crippen molar-refractivity contribution in [2.24, 2.45) is 4.99 Å². The molecule has 6 nitrogen and oxygen atoms in total. The molecule has 0 saturated carbocycles. The number of aliphatic imine (C=N–C) groups is 1. The fraction of sp³-hybridized carbons (Fsp3) is 0.435. The van der Waals surface area contributed by atoms with Gasteiger partial charge in [0.1, 0.15) is 6.10 Å². The van der Waals surface area contributed by atoms with E-state index in [0.717, 1.165) is 42.7 Å². The van der Waals surface area contributed by atoms with Gasteiger partial charge in [0.25, 0.3) is 0 Å². The maximum Gasteiger partial charge on any atom is 0.194 e. The third-order valence-electron chi connectivity index (χ3n) is 5.10. The van der Waals surface area contributed by atoms with E-state index in [-0.39, 0.29) is 30.1 Å². The van der Waals surface area contributed by atoms with Crippen molar-refractivity contribution >= 4 is 29.9 Å². The minimum atomic E-state index is 0. The molecule has 30 heavy (non-hydrogen) atoms. The van der Waals surface area contributed by atoms with Crippen LogP contribution in [-0.2, 0) is 11.3 Å². The van der Waals surface area contributed by atoms with Crippen molar-refractivity contribution < 1.29 is 14.2 Å². The SMILES string of the molecule is CCNC(=NCc1ccc(OC)c(OC)c1)N1CCOC(c2ccccc2C)C1.I. The van der Waals surface area contributed by atoms with Gasteiger partial charge in [0.2, 0.25) is 0 Å². The Bertz CT molecular complexity index is 844. The summed E-state index contributed by atoms with van der Waals surface area (Å²) in [7, 11) is 3.29. The molecule has 1 unspecified atom stereocenters. The number of morpholine rings is 1. The number of nitrogens with zero attached hydrogens (tertiary/aromatic N) is 2. The molecule has 0 spiro atoms. The Morgan fingerprint density at radius 3 is 2.63 bits per heavy atom. The average molecular weight is 525 g/mol. The van der Waals surface area contributed by atoms with Crippen molar-refractivity contribution in [2.75, 3.05) is 40.5 Å². The summed E-state index contributed by atoms with van der Waals surface area (Å²) < 4.78 is 16.8. The van der Waals surface area contributed by atoms with E-state index in [1.807, 2.05) is 18.2 Å². The van der Waals surface area contributed by atoms with Gasteiger partial charge in [-0.05, 0) is 42.7 Å². The first-order chi connectivity index (χ1) is 14.2.